The zero-order valence-electron chi connectivity index (χ0n) is 11.8. The molecule has 1 atom stereocenters. The molecule has 106 valence electrons. The molecule has 0 aromatic heterocycles. The molecule has 2 aromatic carbocycles. The molecule has 2 rings (SSSR count). The van der Waals surface area contributed by atoms with Crippen LogP contribution < -0.4 is 4.74 Å². The van der Waals surface area contributed by atoms with E-state index in [0.717, 1.165) is 10.0 Å². The van der Waals surface area contributed by atoms with E-state index >= 15 is 0 Å². The summed E-state index contributed by atoms with van der Waals surface area (Å²) in [6.45, 7) is 1.86. The van der Waals surface area contributed by atoms with E-state index in [-0.39, 0.29) is 5.78 Å². The molecular formula is C17H14BrNO2. The fourth-order valence-electron chi connectivity index (χ4n) is 2.12. The Morgan fingerprint density at radius 2 is 2.05 bits per heavy atom. The average Bonchev–Trinajstić information content (AvgIpc) is 2.50. The molecule has 0 fully saturated rings. The predicted molar refractivity (Wildman–Crippen MR) is 84.6 cm³/mol. The van der Waals surface area contributed by atoms with Gasteiger partial charge in [-0.05, 0) is 42.3 Å². The lowest BCUT2D eigenvalue weighted by Crippen LogP contribution is -2.12. The van der Waals surface area contributed by atoms with E-state index in [1.165, 1.54) is 0 Å². The van der Waals surface area contributed by atoms with E-state index < -0.39 is 5.92 Å². The summed E-state index contributed by atoms with van der Waals surface area (Å²) in [6.07, 6.45) is 0. The first-order chi connectivity index (χ1) is 10.1. The second kappa shape index (κ2) is 6.55. The summed E-state index contributed by atoms with van der Waals surface area (Å²) in [5.74, 6) is -0.413. The molecule has 21 heavy (non-hydrogen) atoms. The molecule has 3 nitrogen and oxygen atoms in total. The van der Waals surface area contributed by atoms with Crippen LogP contribution in [0.3, 0.4) is 0 Å². The van der Waals surface area contributed by atoms with E-state index in [4.69, 9.17) is 4.74 Å². The summed E-state index contributed by atoms with van der Waals surface area (Å²) in [5, 5.41) is 9.41. The first-order valence-electron chi connectivity index (χ1n) is 6.40. The standard InChI is InChI=1S/C17H14BrNO2/c1-11-6-7-13(18)9-15(11)17(20)16(10-19)12-4-3-5-14(8-12)21-2/h3-9,16H,1-2H3. The molecule has 1 unspecified atom stereocenters. The maximum atomic E-state index is 12.7. The van der Waals surface area contributed by atoms with Crippen molar-refractivity contribution >= 4 is 21.7 Å². The van der Waals surface area contributed by atoms with E-state index in [0.29, 0.717) is 16.9 Å². The van der Waals surface area contributed by atoms with Gasteiger partial charge in [-0.1, -0.05) is 34.1 Å². The van der Waals surface area contributed by atoms with E-state index in [9.17, 15) is 10.1 Å². The molecule has 0 amide bonds. The first-order valence-corrected chi connectivity index (χ1v) is 7.20. The number of nitrogens with zero attached hydrogens (tertiary/aromatic N) is 1. The van der Waals surface area contributed by atoms with Gasteiger partial charge in [0.25, 0.3) is 0 Å². The van der Waals surface area contributed by atoms with Crippen molar-refractivity contribution in [3.63, 3.8) is 0 Å². The van der Waals surface area contributed by atoms with Crippen LogP contribution in [-0.4, -0.2) is 12.9 Å². The van der Waals surface area contributed by atoms with Gasteiger partial charge in [0.15, 0.2) is 5.78 Å². The van der Waals surface area contributed by atoms with Crippen molar-refractivity contribution in [3.05, 3.63) is 63.6 Å². The average molecular weight is 344 g/mol. The van der Waals surface area contributed by atoms with Gasteiger partial charge in [0, 0.05) is 10.0 Å². The largest absolute Gasteiger partial charge is 0.497 e. The summed E-state index contributed by atoms with van der Waals surface area (Å²) in [5.41, 5.74) is 2.05. The Morgan fingerprint density at radius 1 is 1.29 bits per heavy atom. The van der Waals surface area contributed by atoms with Crippen molar-refractivity contribution in [2.45, 2.75) is 12.8 Å². The number of benzene rings is 2. The topological polar surface area (TPSA) is 50.1 Å². The lowest BCUT2D eigenvalue weighted by atomic mass is 9.90. The zero-order valence-corrected chi connectivity index (χ0v) is 13.3. The minimum Gasteiger partial charge on any atom is -0.497 e. The number of Topliss-reactive ketones (excluding diaryl/α,β-unsaturated/α-hetero) is 1. The Balaban J connectivity index is 2.43. The number of halogens is 1. The van der Waals surface area contributed by atoms with Crippen LogP contribution in [0.15, 0.2) is 46.9 Å². The van der Waals surface area contributed by atoms with E-state index in [1.54, 1.807) is 37.4 Å². The maximum Gasteiger partial charge on any atom is 0.184 e. The number of rotatable bonds is 4. The summed E-state index contributed by atoms with van der Waals surface area (Å²) in [7, 11) is 1.56. The lowest BCUT2D eigenvalue weighted by molar-refractivity contribution is 0.0978. The van der Waals surface area contributed by atoms with Crippen LogP contribution in [-0.2, 0) is 0 Å². The fraction of sp³-hybridized carbons (Fsp3) is 0.176. The third-order valence-electron chi connectivity index (χ3n) is 3.28. The molecular weight excluding hydrogens is 330 g/mol. The smallest absolute Gasteiger partial charge is 0.184 e. The highest BCUT2D eigenvalue weighted by Crippen LogP contribution is 2.26. The Bertz CT molecular complexity index is 719. The van der Waals surface area contributed by atoms with Gasteiger partial charge in [-0.15, -0.1) is 0 Å². The number of ether oxygens (including phenoxy) is 1. The van der Waals surface area contributed by atoms with Gasteiger partial charge in [0.1, 0.15) is 11.7 Å². The maximum absolute atomic E-state index is 12.7. The van der Waals surface area contributed by atoms with Crippen LogP contribution in [0.25, 0.3) is 0 Å². The summed E-state index contributed by atoms with van der Waals surface area (Å²) in [6, 6.07) is 14.6. The Labute approximate surface area is 132 Å². The highest BCUT2D eigenvalue weighted by atomic mass is 79.9. The number of nitriles is 1. The van der Waals surface area contributed by atoms with Crippen LogP contribution in [0.4, 0.5) is 0 Å². The van der Waals surface area contributed by atoms with Crippen molar-refractivity contribution in [2.24, 2.45) is 0 Å². The number of hydrogen-bond donors (Lipinski definition) is 0. The molecule has 0 aliphatic rings. The minimum absolute atomic E-state index is 0.204. The normalized spacial score (nSPS) is 11.5. The van der Waals surface area contributed by atoms with E-state index in [2.05, 4.69) is 22.0 Å². The summed E-state index contributed by atoms with van der Waals surface area (Å²) >= 11 is 3.36. The van der Waals surface area contributed by atoms with E-state index in [1.807, 2.05) is 19.1 Å². The molecule has 0 saturated heterocycles. The Hall–Kier alpha value is -2.12. The predicted octanol–water partition coefficient (Wildman–Crippen LogP) is 4.26. The van der Waals surface area contributed by atoms with Crippen molar-refractivity contribution < 1.29 is 9.53 Å². The quantitative estimate of drug-likeness (QED) is 0.779. The highest BCUT2D eigenvalue weighted by molar-refractivity contribution is 9.10. The van der Waals surface area contributed by atoms with Crippen molar-refractivity contribution in [2.75, 3.05) is 7.11 Å². The number of carbonyl (C=O) groups excluding carboxylic acids is 1. The van der Waals surface area contributed by atoms with Gasteiger partial charge in [0.05, 0.1) is 13.2 Å². The van der Waals surface area contributed by atoms with Crippen LogP contribution in [0.2, 0.25) is 0 Å². The Kier molecular flexibility index (Phi) is 4.77. The SMILES string of the molecule is COc1cccc(C(C#N)C(=O)c2cc(Br)ccc2C)c1. The minimum atomic E-state index is -0.840. The number of methoxy groups -OCH3 is 1. The van der Waals surface area contributed by atoms with Crippen LogP contribution >= 0.6 is 15.9 Å². The molecule has 0 aliphatic carbocycles. The third-order valence-corrected chi connectivity index (χ3v) is 3.78. The Morgan fingerprint density at radius 3 is 2.71 bits per heavy atom. The monoisotopic (exact) mass is 343 g/mol. The van der Waals surface area contributed by atoms with Gasteiger partial charge in [0.2, 0.25) is 0 Å². The second-order valence-electron chi connectivity index (χ2n) is 4.66. The second-order valence-corrected chi connectivity index (χ2v) is 5.58. The van der Waals surface area contributed by atoms with Crippen LogP contribution in [0.5, 0.6) is 5.75 Å². The van der Waals surface area contributed by atoms with Gasteiger partial charge in [-0.25, -0.2) is 0 Å². The third kappa shape index (κ3) is 3.32. The number of hydrogen-bond acceptors (Lipinski definition) is 3. The van der Waals surface area contributed by atoms with Gasteiger partial charge >= 0.3 is 0 Å². The number of aryl methyl sites for hydroxylation is 1. The van der Waals surface area contributed by atoms with Crippen molar-refractivity contribution in [3.8, 4) is 11.8 Å². The molecule has 0 aliphatic heterocycles. The summed E-state index contributed by atoms with van der Waals surface area (Å²) in [4.78, 5) is 12.7. The van der Waals surface area contributed by atoms with Crippen molar-refractivity contribution in [1.82, 2.24) is 0 Å². The molecule has 0 bridgehead atoms. The van der Waals surface area contributed by atoms with Gasteiger partial charge in [-0.3, -0.25) is 4.79 Å². The first kappa shape index (κ1) is 15.3. The zero-order chi connectivity index (χ0) is 15.4. The lowest BCUT2D eigenvalue weighted by Gasteiger charge is -2.12. The highest BCUT2D eigenvalue weighted by Gasteiger charge is 2.23. The fourth-order valence-corrected chi connectivity index (χ4v) is 2.48. The molecule has 0 N–H and O–H groups in total. The molecule has 0 heterocycles. The molecule has 0 saturated carbocycles. The molecule has 0 spiro atoms. The molecule has 2 aromatic rings. The van der Waals surface area contributed by atoms with Gasteiger partial charge < -0.3 is 4.74 Å². The molecule has 4 heteroatoms. The van der Waals surface area contributed by atoms with Crippen molar-refractivity contribution in [1.29, 1.82) is 5.26 Å². The summed E-state index contributed by atoms with van der Waals surface area (Å²) < 4.78 is 5.97. The molecule has 0 radical (unpaired) electrons. The number of ketones is 1. The van der Waals surface area contributed by atoms with Crippen LogP contribution in [0.1, 0.15) is 27.4 Å². The van der Waals surface area contributed by atoms with Crippen LogP contribution in [0, 0.1) is 18.3 Å². The van der Waals surface area contributed by atoms with Gasteiger partial charge in [-0.2, -0.15) is 5.26 Å². The number of carbonyl (C=O) groups is 1.